The van der Waals surface area contributed by atoms with Crippen molar-refractivity contribution in [1.82, 2.24) is 24.9 Å². The molecule has 0 aliphatic carbocycles. The summed E-state index contributed by atoms with van der Waals surface area (Å²) in [6, 6.07) is 8.48. The van der Waals surface area contributed by atoms with Crippen LogP contribution in [0.1, 0.15) is 63.6 Å². The van der Waals surface area contributed by atoms with E-state index in [2.05, 4.69) is 47.6 Å². The Morgan fingerprint density at radius 2 is 2.13 bits per heavy atom. The van der Waals surface area contributed by atoms with Gasteiger partial charge in [-0.1, -0.05) is 26.0 Å². The first kappa shape index (κ1) is 21.4. The summed E-state index contributed by atoms with van der Waals surface area (Å²) in [4.78, 5) is 9.40. The Morgan fingerprint density at radius 3 is 2.87 bits per heavy atom. The zero-order chi connectivity index (χ0) is 21.8. The molecule has 0 bridgehead atoms. The van der Waals surface area contributed by atoms with Gasteiger partial charge in [-0.15, -0.1) is 0 Å². The number of hydrogen-bond donors (Lipinski definition) is 2. The molecule has 0 radical (unpaired) electrons. The summed E-state index contributed by atoms with van der Waals surface area (Å²) < 4.78 is 13.6. The summed E-state index contributed by atoms with van der Waals surface area (Å²) in [5.41, 5.74) is 2.96. The number of benzene rings is 1. The van der Waals surface area contributed by atoms with Crippen molar-refractivity contribution in [2.24, 2.45) is 0 Å². The Bertz CT molecular complexity index is 1010. The van der Waals surface area contributed by atoms with E-state index >= 15 is 0 Å². The van der Waals surface area contributed by atoms with Crippen LogP contribution in [0.5, 0.6) is 11.8 Å². The van der Waals surface area contributed by atoms with Crippen LogP contribution >= 0.6 is 0 Å². The minimum absolute atomic E-state index is 0.00518. The average Bonchev–Trinajstić information content (AvgIpc) is 3.19. The Labute approximate surface area is 183 Å². The molecule has 0 spiro atoms. The third-order valence-corrected chi connectivity index (χ3v) is 5.54. The van der Waals surface area contributed by atoms with E-state index in [9.17, 15) is 0 Å². The van der Waals surface area contributed by atoms with E-state index in [0.29, 0.717) is 24.5 Å². The number of ether oxygens (including phenoxy) is 2. The van der Waals surface area contributed by atoms with Gasteiger partial charge in [0.05, 0.1) is 18.8 Å². The smallest absolute Gasteiger partial charge is 0.322 e. The summed E-state index contributed by atoms with van der Waals surface area (Å²) in [6.45, 7) is 10.8. The number of rotatable bonds is 8. The van der Waals surface area contributed by atoms with Gasteiger partial charge < -0.3 is 20.1 Å². The van der Waals surface area contributed by atoms with Crippen molar-refractivity contribution in [2.75, 3.05) is 25.0 Å². The fourth-order valence-electron chi connectivity index (χ4n) is 3.82. The van der Waals surface area contributed by atoms with Gasteiger partial charge in [-0.2, -0.15) is 19.6 Å². The van der Waals surface area contributed by atoms with Crippen molar-refractivity contribution in [1.29, 1.82) is 0 Å². The average molecular weight is 425 g/mol. The van der Waals surface area contributed by atoms with Crippen LogP contribution in [0.25, 0.3) is 5.65 Å². The van der Waals surface area contributed by atoms with Gasteiger partial charge in [-0.05, 0) is 56.8 Å². The van der Waals surface area contributed by atoms with E-state index in [4.69, 9.17) is 14.5 Å². The van der Waals surface area contributed by atoms with Crippen molar-refractivity contribution < 1.29 is 9.47 Å². The first-order valence-corrected chi connectivity index (χ1v) is 11.2. The van der Waals surface area contributed by atoms with Gasteiger partial charge in [-0.3, -0.25) is 0 Å². The van der Waals surface area contributed by atoms with Gasteiger partial charge in [0.2, 0.25) is 5.95 Å². The predicted octanol–water partition coefficient (Wildman–Crippen LogP) is 3.95. The van der Waals surface area contributed by atoms with Crippen LogP contribution in [0.2, 0.25) is 0 Å². The van der Waals surface area contributed by atoms with Gasteiger partial charge in [0.25, 0.3) is 0 Å². The molecule has 1 saturated heterocycles. The van der Waals surface area contributed by atoms with Gasteiger partial charge in [-0.25, -0.2) is 0 Å². The lowest BCUT2D eigenvalue weighted by Crippen LogP contribution is -2.37. The molecule has 2 N–H and O–H groups in total. The second-order valence-corrected chi connectivity index (χ2v) is 8.28. The molecule has 166 valence electrons. The maximum Gasteiger partial charge on any atom is 0.322 e. The molecule has 31 heavy (non-hydrogen) atoms. The lowest BCUT2D eigenvalue weighted by Gasteiger charge is -2.23. The van der Waals surface area contributed by atoms with Gasteiger partial charge >= 0.3 is 6.01 Å². The third kappa shape index (κ3) is 4.90. The van der Waals surface area contributed by atoms with Crippen molar-refractivity contribution in [3.05, 3.63) is 41.6 Å². The molecule has 1 aliphatic heterocycles. The molecule has 4 rings (SSSR count). The summed E-state index contributed by atoms with van der Waals surface area (Å²) in [5.74, 6) is 1.77. The molecule has 1 aromatic carbocycles. The van der Waals surface area contributed by atoms with Crippen LogP contribution in [-0.4, -0.2) is 45.4 Å². The van der Waals surface area contributed by atoms with Crippen molar-refractivity contribution in [3.8, 4) is 11.8 Å². The van der Waals surface area contributed by atoms with Crippen LogP contribution < -0.4 is 20.1 Å². The van der Waals surface area contributed by atoms with Gasteiger partial charge in [0.1, 0.15) is 11.9 Å². The molecule has 1 aliphatic rings. The molecule has 0 saturated carbocycles. The molecule has 8 nitrogen and oxygen atoms in total. The zero-order valence-corrected chi connectivity index (χ0v) is 18.8. The topological polar surface area (TPSA) is 85.6 Å². The Hall–Kier alpha value is -2.87. The maximum absolute atomic E-state index is 6.16. The predicted molar refractivity (Wildman–Crippen MR) is 121 cm³/mol. The number of nitrogens with one attached hydrogen (secondary N) is 2. The quantitative estimate of drug-likeness (QED) is 0.566. The van der Waals surface area contributed by atoms with Crippen molar-refractivity contribution in [3.63, 3.8) is 0 Å². The van der Waals surface area contributed by atoms with Crippen LogP contribution in [0.4, 0.5) is 5.95 Å². The largest absolute Gasteiger partial charge is 0.494 e. The fourth-order valence-corrected chi connectivity index (χ4v) is 3.82. The molecule has 2 atom stereocenters. The minimum atomic E-state index is -0.00518. The Morgan fingerprint density at radius 1 is 1.26 bits per heavy atom. The minimum Gasteiger partial charge on any atom is -0.494 e. The van der Waals surface area contributed by atoms with E-state index in [0.717, 1.165) is 48.5 Å². The summed E-state index contributed by atoms with van der Waals surface area (Å²) >= 11 is 0. The normalized spacial score (nSPS) is 17.6. The standard InChI is InChI=1S/C23H32N6O2/c1-5-30-18-9-6-8-17(12-18)16(4)26-22-28-23(31-19-10-7-11-24-13-19)27-21-20(15(2)3)14-25-29(21)22/h6,8-9,12,14-16,19,24H,5,7,10-11,13H2,1-4H3,(H,26,27,28)/t16-,19?/m0/s1. The van der Waals surface area contributed by atoms with E-state index in [-0.39, 0.29) is 12.1 Å². The highest BCUT2D eigenvalue weighted by Crippen LogP contribution is 2.27. The van der Waals surface area contributed by atoms with Crippen LogP contribution in [0.3, 0.4) is 0 Å². The zero-order valence-electron chi connectivity index (χ0n) is 18.8. The monoisotopic (exact) mass is 424 g/mol. The fraction of sp³-hybridized carbons (Fsp3) is 0.522. The summed E-state index contributed by atoms with van der Waals surface area (Å²) in [7, 11) is 0. The molecular formula is C23H32N6O2. The molecule has 1 unspecified atom stereocenters. The highest BCUT2D eigenvalue weighted by atomic mass is 16.5. The molecule has 1 fully saturated rings. The van der Waals surface area contributed by atoms with E-state index in [1.54, 1.807) is 4.52 Å². The molecule has 3 heterocycles. The van der Waals surface area contributed by atoms with Crippen LogP contribution in [-0.2, 0) is 0 Å². The van der Waals surface area contributed by atoms with E-state index in [1.165, 1.54) is 0 Å². The highest BCUT2D eigenvalue weighted by molar-refractivity contribution is 5.53. The lowest BCUT2D eigenvalue weighted by atomic mass is 10.1. The second-order valence-electron chi connectivity index (χ2n) is 8.28. The molecular weight excluding hydrogens is 392 g/mol. The van der Waals surface area contributed by atoms with E-state index in [1.807, 2.05) is 31.3 Å². The number of hydrogen-bond acceptors (Lipinski definition) is 7. The maximum atomic E-state index is 6.16. The van der Waals surface area contributed by atoms with E-state index < -0.39 is 0 Å². The Balaban J connectivity index is 1.65. The third-order valence-electron chi connectivity index (χ3n) is 5.54. The van der Waals surface area contributed by atoms with Crippen molar-refractivity contribution in [2.45, 2.75) is 58.6 Å². The number of nitrogens with zero attached hydrogens (tertiary/aromatic N) is 4. The summed E-state index contributed by atoms with van der Waals surface area (Å²) in [6.07, 6.45) is 4.04. The Kier molecular flexibility index (Phi) is 6.56. The number of piperidine rings is 1. The first-order valence-electron chi connectivity index (χ1n) is 11.2. The molecule has 2 aromatic heterocycles. The first-order chi connectivity index (χ1) is 15.0. The number of aromatic nitrogens is 4. The lowest BCUT2D eigenvalue weighted by molar-refractivity contribution is 0.153. The van der Waals surface area contributed by atoms with Crippen LogP contribution in [0, 0.1) is 0 Å². The number of fused-ring (bicyclic) bond motifs is 1. The molecule has 3 aromatic rings. The van der Waals surface area contributed by atoms with Gasteiger partial charge in [0, 0.05) is 12.1 Å². The SMILES string of the molecule is CCOc1cccc([C@H](C)Nc2nc(OC3CCCNC3)nc3c(C(C)C)cnn23)c1. The van der Waals surface area contributed by atoms with Crippen molar-refractivity contribution >= 4 is 11.6 Å². The van der Waals surface area contributed by atoms with Gasteiger partial charge in [0.15, 0.2) is 5.65 Å². The summed E-state index contributed by atoms with van der Waals surface area (Å²) in [5, 5.41) is 11.4. The molecule has 0 amide bonds. The highest BCUT2D eigenvalue weighted by Gasteiger charge is 2.21. The second kappa shape index (κ2) is 9.51. The van der Waals surface area contributed by atoms with Crippen LogP contribution in [0.15, 0.2) is 30.5 Å². The molecule has 8 heteroatoms. The number of anilines is 1.